The Bertz CT molecular complexity index is 231. The molecule has 54 valence electrons. The fourth-order valence-electron chi connectivity index (χ4n) is 0.957. The zero-order chi connectivity index (χ0) is 6.97. The van der Waals surface area contributed by atoms with Crippen molar-refractivity contribution in [3.8, 4) is 0 Å². The van der Waals surface area contributed by atoms with Crippen LogP contribution in [0.5, 0.6) is 0 Å². The second kappa shape index (κ2) is 2.49. The number of rotatable bonds is 1. The van der Waals surface area contributed by atoms with Crippen molar-refractivity contribution in [3.63, 3.8) is 0 Å². The van der Waals surface area contributed by atoms with Crippen LogP contribution in [0.2, 0.25) is 4.47 Å². The monoisotopic (exact) mass is 174 g/mol. The molecule has 0 bridgehead atoms. The van der Waals surface area contributed by atoms with Crippen LogP contribution in [-0.4, -0.2) is 11.5 Å². The van der Waals surface area contributed by atoms with Crippen LogP contribution in [0.1, 0.15) is 17.3 Å². The van der Waals surface area contributed by atoms with E-state index in [4.69, 9.17) is 11.6 Å². The SMILES string of the molecule is Clc1ncc(C2CCN2)s1. The predicted molar refractivity (Wildman–Crippen MR) is 42.5 cm³/mol. The molecule has 0 saturated carbocycles. The quantitative estimate of drug-likeness (QED) is 0.703. The molecular weight excluding hydrogens is 168 g/mol. The minimum absolute atomic E-state index is 0.532. The van der Waals surface area contributed by atoms with E-state index in [0.717, 1.165) is 6.54 Å². The molecule has 0 aromatic carbocycles. The third-order valence-electron chi connectivity index (χ3n) is 1.66. The first-order chi connectivity index (χ1) is 4.86. The number of nitrogens with one attached hydrogen (secondary N) is 1. The highest BCUT2D eigenvalue weighted by Gasteiger charge is 2.20. The van der Waals surface area contributed by atoms with Crippen LogP contribution in [0.3, 0.4) is 0 Å². The van der Waals surface area contributed by atoms with E-state index >= 15 is 0 Å². The van der Waals surface area contributed by atoms with Crippen molar-refractivity contribution in [1.29, 1.82) is 0 Å². The van der Waals surface area contributed by atoms with Gasteiger partial charge in [-0.3, -0.25) is 0 Å². The zero-order valence-electron chi connectivity index (χ0n) is 5.30. The van der Waals surface area contributed by atoms with Crippen molar-refractivity contribution in [2.45, 2.75) is 12.5 Å². The lowest BCUT2D eigenvalue weighted by Crippen LogP contribution is -2.34. The van der Waals surface area contributed by atoms with Gasteiger partial charge in [-0.15, -0.1) is 11.3 Å². The van der Waals surface area contributed by atoms with Crippen molar-refractivity contribution in [3.05, 3.63) is 15.5 Å². The fraction of sp³-hybridized carbons (Fsp3) is 0.500. The number of hydrogen-bond donors (Lipinski definition) is 1. The smallest absolute Gasteiger partial charge is 0.183 e. The molecule has 1 N–H and O–H groups in total. The maximum absolute atomic E-state index is 5.67. The molecule has 1 aliphatic rings. The van der Waals surface area contributed by atoms with Gasteiger partial charge in [0.2, 0.25) is 0 Å². The third-order valence-corrected chi connectivity index (χ3v) is 2.89. The summed E-state index contributed by atoms with van der Waals surface area (Å²) in [5.74, 6) is 0. The van der Waals surface area contributed by atoms with Gasteiger partial charge in [0.25, 0.3) is 0 Å². The standard InChI is InChI=1S/C6H7ClN2S/c7-6-9-3-5(10-6)4-1-2-8-4/h3-4,8H,1-2H2. The van der Waals surface area contributed by atoms with Crippen LogP contribution in [0.4, 0.5) is 0 Å². The lowest BCUT2D eigenvalue weighted by Gasteiger charge is -2.25. The molecule has 1 fully saturated rings. The van der Waals surface area contributed by atoms with Crippen LogP contribution in [0.25, 0.3) is 0 Å². The van der Waals surface area contributed by atoms with Crippen molar-refractivity contribution < 1.29 is 0 Å². The summed E-state index contributed by atoms with van der Waals surface area (Å²) in [4.78, 5) is 5.22. The third kappa shape index (κ3) is 1.05. The van der Waals surface area contributed by atoms with Crippen molar-refractivity contribution in [1.82, 2.24) is 10.3 Å². The van der Waals surface area contributed by atoms with Gasteiger partial charge in [0.15, 0.2) is 4.47 Å². The molecule has 1 atom stereocenters. The van der Waals surface area contributed by atoms with E-state index in [-0.39, 0.29) is 0 Å². The van der Waals surface area contributed by atoms with E-state index in [9.17, 15) is 0 Å². The largest absolute Gasteiger partial charge is 0.309 e. The molecule has 2 heterocycles. The van der Waals surface area contributed by atoms with E-state index < -0.39 is 0 Å². The molecule has 4 heteroatoms. The van der Waals surface area contributed by atoms with Gasteiger partial charge in [-0.25, -0.2) is 4.98 Å². The molecule has 2 nitrogen and oxygen atoms in total. The van der Waals surface area contributed by atoms with Crippen LogP contribution < -0.4 is 5.32 Å². The second-order valence-corrected chi connectivity index (χ2v) is 3.96. The molecule has 1 saturated heterocycles. The Morgan fingerprint density at radius 1 is 1.80 bits per heavy atom. The normalized spacial score (nSPS) is 24.3. The Morgan fingerprint density at radius 3 is 3.00 bits per heavy atom. The van der Waals surface area contributed by atoms with Crippen molar-refractivity contribution in [2.24, 2.45) is 0 Å². The number of hydrogen-bond acceptors (Lipinski definition) is 3. The van der Waals surface area contributed by atoms with Gasteiger partial charge in [0.1, 0.15) is 0 Å². The maximum atomic E-state index is 5.67. The highest BCUT2D eigenvalue weighted by molar-refractivity contribution is 7.15. The fourth-order valence-corrected chi connectivity index (χ4v) is 2.02. The summed E-state index contributed by atoms with van der Waals surface area (Å²) in [7, 11) is 0. The highest BCUT2D eigenvalue weighted by atomic mass is 35.5. The summed E-state index contributed by atoms with van der Waals surface area (Å²) in [6.45, 7) is 1.13. The first kappa shape index (κ1) is 6.58. The van der Waals surface area contributed by atoms with Gasteiger partial charge in [0, 0.05) is 17.1 Å². The molecule has 2 rings (SSSR count). The summed E-state index contributed by atoms with van der Waals surface area (Å²) in [5, 5.41) is 3.29. The highest BCUT2D eigenvalue weighted by Crippen LogP contribution is 2.29. The molecule has 0 amide bonds. The van der Waals surface area contributed by atoms with Gasteiger partial charge in [-0.2, -0.15) is 0 Å². The first-order valence-corrected chi connectivity index (χ1v) is 4.40. The van der Waals surface area contributed by atoms with Crippen LogP contribution in [0, 0.1) is 0 Å². The van der Waals surface area contributed by atoms with E-state index in [1.54, 1.807) is 11.3 Å². The van der Waals surface area contributed by atoms with Gasteiger partial charge >= 0.3 is 0 Å². The summed E-state index contributed by atoms with van der Waals surface area (Å²) in [6.07, 6.45) is 3.07. The van der Waals surface area contributed by atoms with Crippen molar-refractivity contribution >= 4 is 22.9 Å². The number of halogens is 1. The average Bonchev–Trinajstić information content (AvgIpc) is 2.10. The summed E-state index contributed by atoms with van der Waals surface area (Å²) in [5.41, 5.74) is 0. The first-order valence-electron chi connectivity index (χ1n) is 3.21. The minimum Gasteiger partial charge on any atom is -0.309 e. The minimum atomic E-state index is 0.532. The second-order valence-electron chi connectivity index (χ2n) is 2.31. The number of nitrogens with zero attached hydrogens (tertiary/aromatic N) is 1. The molecule has 10 heavy (non-hydrogen) atoms. The summed E-state index contributed by atoms with van der Waals surface area (Å²) < 4.78 is 0.642. The van der Waals surface area contributed by atoms with E-state index in [2.05, 4.69) is 10.3 Å². The average molecular weight is 175 g/mol. The van der Waals surface area contributed by atoms with Gasteiger partial charge < -0.3 is 5.32 Å². The Kier molecular flexibility index (Phi) is 1.64. The zero-order valence-corrected chi connectivity index (χ0v) is 6.87. The van der Waals surface area contributed by atoms with E-state index in [1.165, 1.54) is 11.3 Å². The molecule has 0 aliphatic carbocycles. The summed E-state index contributed by atoms with van der Waals surface area (Å²) in [6, 6.07) is 0.532. The lowest BCUT2D eigenvalue weighted by atomic mass is 10.1. The van der Waals surface area contributed by atoms with Gasteiger partial charge in [0.05, 0.1) is 0 Å². The Hall–Kier alpha value is -0.120. The molecule has 0 spiro atoms. The summed E-state index contributed by atoms with van der Waals surface area (Å²) >= 11 is 7.23. The Labute approximate surface area is 68.2 Å². The number of thiazole rings is 1. The Balaban J connectivity index is 2.17. The molecule has 1 aliphatic heterocycles. The molecular formula is C6H7ClN2S. The molecule has 1 unspecified atom stereocenters. The van der Waals surface area contributed by atoms with Gasteiger partial charge in [-0.1, -0.05) is 11.6 Å². The predicted octanol–water partition coefficient (Wildman–Crippen LogP) is 1.83. The molecule has 1 aromatic rings. The molecule has 0 radical (unpaired) electrons. The Morgan fingerprint density at radius 2 is 2.60 bits per heavy atom. The molecule has 1 aromatic heterocycles. The number of aromatic nitrogens is 1. The van der Waals surface area contributed by atoms with Gasteiger partial charge in [-0.05, 0) is 13.0 Å². The van der Waals surface area contributed by atoms with Crippen LogP contribution in [0.15, 0.2) is 6.20 Å². The topological polar surface area (TPSA) is 24.9 Å². The van der Waals surface area contributed by atoms with E-state index in [1.807, 2.05) is 6.20 Å². The van der Waals surface area contributed by atoms with Crippen LogP contribution >= 0.6 is 22.9 Å². The van der Waals surface area contributed by atoms with Crippen molar-refractivity contribution in [2.75, 3.05) is 6.54 Å². The lowest BCUT2D eigenvalue weighted by molar-refractivity contribution is 0.388. The maximum Gasteiger partial charge on any atom is 0.183 e. The van der Waals surface area contributed by atoms with Crippen LogP contribution in [-0.2, 0) is 0 Å². The van der Waals surface area contributed by atoms with E-state index in [0.29, 0.717) is 10.5 Å².